The van der Waals surface area contributed by atoms with Crippen molar-refractivity contribution in [3.8, 4) is 5.88 Å². The zero-order valence-electron chi connectivity index (χ0n) is 12.9. The first-order valence-corrected chi connectivity index (χ1v) is 7.35. The van der Waals surface area contributed by atoms with Crippen molar-refractivity contribution >= 4 is 11.8 Å². The largest absolute Gasteiger partial charge is 0.481 e. The molecular weight excluding hydrogens is 296 g/mol. The number of aromatic nitrogens is 2. The minimum atomic E-state index is -0.248. The van der Waals surface area contributed by atoms with Gasteiger partial charge in [-0.2, -0.15) is 4.98 Å². The highest BCUT2D eigenvalue weighted by atomic mass is 16.6. The third kappa shape index (κ3) is 3.88. The van der Waals surface area contributed by atoms with Gasteiger partial charge in [-0.25, -0.2) is 9.78 Å². The van der Waals surface area contributed by atoms with Crippen LogP contribution in [0.5, 0.6) is 5.88 Å². The van der Waals surface area contributed by atoms with E-state index in [0.717, 1.165) is 11.3 Å². The maximum Gasteiger partial charge on any atom is 0.410 e. The number of benzene rings is 1. The van der Waals surface area contributed by atoms with Gasteiger partial charge in [-0.15, -0.1) is 0 Å². The summed E-state index contributed by atoms with van der Waals surface area (Å²) in [6.07, 6.45) is 1.42. The number of hydrogen-bond donors (Lipinski definition) is 1. The molecule has 23 heavy (non-hydrogen) atoms. The summed E-state index contributed by atoms with van der Waals surface area (Å²) in [5.41, 5.74) is 2.02. The Kier molecular flexibility index (Phi) is 4.56. The molecule has 3 rings (SSSR count). The van der Waals surface area contributed by atoms with Crippen LogP contribution in [-0.4, -0.2) is 41.2 Å². The van der Waals surface area contributed by atoms with Gasteiger partial charge in [0.25, 0.3) is 0 Å². The fourth-order valence-corrected chi connectivity index (χ4v) is 2.28. The average molecular weight is 314 g/mol. The normalized spacial score (nSPS) is 13.8. The fourth-order valence-electron chi connectivity index (χ4n) is 2.28. The number of carbonyl (C=O) groups is 1. The predicted molar refractivity (Wildman–Crippen MR) is 84.1 cm³/mol. The van der Waals surface area contributed by atoms with Gasteiger partial charge < -0.3 is 19.7 Å². The standard InChI is InChI=1S/C16H18N4O3/c1-22-15-6-7-17-14(19-15)10-18-13-4-2-12(3-5-13)11-20-8-9-23-16(20)21/h2-7,18H,8-11H2,1H3. The Morgan fingerprint density at radius 1 is 1.30 bits per heavy atom. The number of nitrogens with one attached hydrogen (secondary N) is 1. The number of cyclic esters (lactones) is 1. The Bertz CT molecular complexity index is 675. The van der Waals surface area contributed by atoms with E-state index in [1.807, 2.05) is 24.3 Å². The number of rotatable bonds is 6. The van der Waals surface area contributed by atoms with Gasteiger partial charge in [0.1, 0.15) is 6.61 Å². The van der Waals surface area contributed by atoms with E-state index in [-0.39, 0.29) is 6.09 Å². The van der Waals surface area contributed by atoms with Crippen LogP contribution in [0.25, 0.3) is 0 Å². The summed E-state index contributed by atoms with van der Waals surface area (Å²) in [5.74, 6) is 1.21. The lowest BCUT2D eigenvalue weighted by molar-refractivity contribution is 0.157. The topological polar surface area (TPSA) is 76.6 Å². The molecule has 2 heterocycles. The molecule has 1 fully saturated rings. The maximum absolute atomic E-state index is 11.4. The molecule has 7 nitrogen and oxygen atoms in total. The van der Waals surface area contributed by atoms with Gasteiger partial charge in [0.2, 0.25) is 5.88 Å². The second kappa shape index (κ2) is 6.95. The molecule has 0 spiro atoms. The number of amides is 1. The third-order valence-corrected chi connectivity index (χ3v) is 3.51. The van der Waals surface area contributed by atoms with Crippen LogP contribution in [0.15, 0.2) is 36.5 Å². The van der Waals surface area contributed by atoms with Crippen molar-refractivity contribution in [2.45, 2.75) is 13.1 Å². The first-order valence-electron chi connectivity index (χ1n) is 7.35. The number of methoxy groups -OCH3 is 1. The van der Waals surface area contributed by atoms with Crippen LogP contribution in [-0.2, 0) is 17.8 Å². The molecule has 1 aliphatic heterocycles. The molecule has 120 valence electrons. The smallest absolute Gasteiger partial charge is 0.410 e. The van der Waals surface area contributed by atoms with Crippen molar-refractivity contribution in [3.63, 3.8) is 0 Å². The Morgan fingerprint density at radius 3 is 2.83 bits per heavy atom. The molecule has 0 saturated carbocycles. The molecule has 7 heteroatoms. The monoisotopic (exact) mass is 314 g/mol. The van der Waals surface area contributed by atoms with E-state index >= 15 is 0 Å². The first kappa shape index (κ1) is 15.1. The summed E-state index contributed by atoms with van der Waals surface area (Å²) in [4.78, 5) is 21.5. The van der Waals surface area contributed by atoms with E-state index in [9.17, 15) is 4.79 Å². The van der Waals surface area contributed by atoms with Crippen LogP contribution in [0.3, 0.4) is 0 Å². The summed E-state index contributed by atoms with van der Waals surface area (Å²) < 4.78 is 9.99. The lowest BCUT2D eigenvalue weighted by atomic mass is 10.2. The fraction of sp³-hybridized carbons (Fsp3) is 0.312. The summed E-state index contributed by atoms with van der Waals surface area (Å²) in [7, 11) is 1.58. The molecule has 0 aliphatic carbocycles. The van der Waals surface area contributed by atoms with E-state index in [0.29, 0.717) is 37.9 Å². The zero-order chi connectivity index (χ0) is 16.1. The number of hydrogen-bond acceptors (Lipinski definition) is 6. The van der Waals surface area contributed by atoms with Gasteiger partial charge in [-0.3, -0.25) is 0 Å². The average Bonchev–Trinajstić information content (AvgIpc) is 2.99. The van der Waals surface area contributed by atoms with E-state index in [4.69, 9.17) is 9.47 Å². The van der Waals surface area contributed by atoms with Crippen molar-refractivity contribution in [1.29, 1.82) is 0 Å². The van der Waals surface area contributed by atoms with Crippen molar-refractivity contribution in [2.24, 2.45) is 0 Å². The van der Waals surface area contributed by atoms with Gasteiger partial charge in [0.05, 0.1) is 20.2 Å². The number of ether oxygens (including phenoxy) is 2. The molecular formula is C16H18N4O3. The van der Waals surface area contributed by atoms with Crippen LogP contribution < -0.4 is 10.1 Å². The molecule has 0 bridgehead atoms. The third-order valence-electron chi connectivity index (χ3n) is 3.51. The Labute approximate surface area is 134 Å². The van der Waals surface area contributed by atoms with E-state index in [2.05, 4.69) is 15.3 Å². The van der Waals surface area contributed by atoms with Gasteiger partial charge in [0, 0.05) is 24.5 Å². The molecule has 2 aromatic rings. The minimum absolute atomic E-state index is 0.248. The Hall–Kier alpha value is -2.83. The molecule has 0 unspecified atom stereocenters. The Balaban J connectivity index is 1.55. The van der Waals surface area contributed by atoms with Gasteiger partial charge in [-0.1, -0.05) is 12.1 Å². The molecule has 1 saturated heterocycles. The summed E-state index contributed by atoms with van der Waals surface area (Å²) in [6, 6.07) is 9.62. The Morgan fingerprint density at radius 2 is 2.13 bits per heavy atom. The molecule has 1 aliphatic rings. The zero-order valence-corrected chi connectivity index (χ0v) is 12.9. The maximum atomic E-state index is 11.4. The van der Waals surface area contributed by atoms with Crippen LogP contribution in [0, 0.1) is 0 Å². The van der Waals surface area contributed by atoms with Crippen molar-refractivity contribution in [2.75, 3.05) is 25.6 Å². The lowest BCUT2D eigenvalue weighted by Gasteiger charge is -2.13. The van der Waals surface area contributed by atoms with Crippen LogP contribution >= 0.6 is 0 Å². The molecule has 1 aromatic heterocycles. The molecule has 1 N–H and O–H groups in total. The highest BCUT2D eigenvalue weighted by Crippen LogP contribution is 2.14. The second-order valence-electron chi connectivity index (χ2n) is 5.10. The highest BCUT2D eigenvalue weighted by Gasteiger charge is 2.21. The molecule has 0 radical (unpaired) electrons. The van der Waals surface area contributed by atoms with Gasteiger partial charge >= 0.3 is 6.09 Å². The quantitative estimate of drug-likeness (QED) is 0.879. The highest BCUT2D eigenvalue weighted by molar-refractivity contribution is 5.69. The van der Waals surface area contributed by atoms with Crippen LogP contribution in [0.1, 0.15) is 11.4 Å². The number of anilines is 1. The molecule has 0 atom stereocenters. The molecule has 1 aromatic carbocycles. The predicted octanol–water partition coefficient (Wildman–Crippen LogP) is 2.05. The molecule has 1 amide bonds. The van der Waals surface area contributed by atoms with Crippen LogP contribution in [0.4, 0.5) is 10.5 Å². The van der Waals surface area contributed by atoms with E-state index in [1.54, 1.807) is 24.3 Å². The van der Waals surface area contributed by atoms with Gasteiger partial charge in [0.15, 0.2) is 5.82 Å². The summed E-state index contributed by atoms with van der Waals surface area (Å²) >= 11 is 0. The number of carbonyl (C=O) groups excluding carboxylic acids is 1. The summed E-state index contributed by atoms with van der Waals surface area (Å²) in [6.45, 7) is 2.19. The van der Waals surface area contributed by atoms with E-state index < -0.39 is 0 Å². The van der Waals surface area contributed by atoms with Crippen molar-refractivity contribution in [3.05, 3.63) is 47.9 Å². The first-order chi connectivity index (χ1) is 11.2. The lowest BCUT2D eigenvalue weighted by Crippen LogP contribution is -2.23. The number of nitrogens with zero attached hydrogens (tertiary/aromatic N) is 3. The SMILES string of the molecule is COc1ccnc(CNc2ccc(CN3CCOC3=O)cc2)n1. The van der Waals surface area contributed by atoms with E-state index in [1.165, 1.54) is 0 Å². The second-order valence-corrected chi connectivity index (χ2v) is 5.10. The minimum Gasteiger partial charge on any atom is -0.481 e. The van der Waals surface area contributed by atoms with Gasteiger partial charge in [-0.05, 0) is 17.7 Å². The van der Waals surface area contributed by atoms with Crippen LogP contribution in [0.2, 0.25) is 0 Å². The van der Waals surface area contributed by atoms with Crippen molar-refractivity contribution < 1.29 is 14.3 Å². The van der Waals surface area contributed by atoms with Crippen molar-refractivity contribution in [1.82, 2.24) is 14.9 Å². The summed E-state index contributed by atoms with van der Waals surface area (Å²) in [5, 5.41) is 3.26.